The van der Waals surface area contributed by atoms with Gasteiger partial charge in [-0.25, -0.2) is 0 Å². The molecule has 0 atom stereocenters. The number of hydrogen-bond acceptors (Lipinski definition) is 3. The van der Waals surface area contributed by atoms with Crippen molar-refractivity contribution < 1.29 is 9.59 Å². The van der Waals surface area contributed by atoms with Crippen LogP contribution in [0, 0.1) is 17.2 Å². The van der Waals surface area contributed by atoms with Crippen molar-refractivity contribution in [1.29, 1.82) is 5.26 Å². The van der Waals surface area contributed by atoms with E-state index in [1.807, 2.05) is 36.4 Å². The van der Waals surface area contributed by atoms with E-state index in [2.05, 4.69) is 0 Å². The topological polar surface area (TPSA) is 61.2 Å². The summed E-state index contributed by atoms with van der Waals surface area (Å²) in [4.78, 5) is 26.8. The van der Waals surface area contributed by atoms with E-state index in [1.54, 1.807) is 29.2 Å². The summed E-state index contributed by atoms with van der Waals surface area (Å²) in [7, 11) is 0. The van der Waals surface area contributed by atoms with E-state index in [0.717, 1.165) is 5.56 Å². The number of benzene rings is 2. The van der Waals surface area contributed by atoms with Gasteiger partial charge >= 0.3 is 0 Å². The van der Waals surface area contributed by atoms with E-state index >= 15 is 0 Å². The number of piperidine rings is 1. The number of hydrogen-bond donors (Lipinski definition) is 0. The highest BCUT2D eigenvalue weighted by Gasteiger charge is 2.28. The summed E-state index contributed by atoms with van der Waals surface area (Å²) in [6.07, 6.45) is 1.38. The molecule has 0 saturated carbocycles. The molecule has 4 nitrogen and oxygen atoms in total. The van der Waals surface area contributed by atoms with Gasteiger partial charge in [-0.1, -0.05) is 30.3 Å². The minimum Gasteiger partial charge on any atom is -0.339 e. The fraction of sp³-hybridized carbons (Fsp3) is 0.250. The number of nitriles is 1. The summed E-state index contributed by atoms with van der Waals surface area (Å²) in [5.74, 6) is 0.114. The van der Waals surface area contributed by atoms with Gasteiger partial charge in [-0.15, -0.1) is 0 Å². The first kappa shape index (κ1) is 15.9. The predicted octanol–water partition coefficient (Wildman–Crippen LogP) is 3.29. The largest absolute Gasteiger partial charge is 0.339 e. The van der Waals surface area contributed by atoms with Crippen LogP contribution in [0.2, 0.25) is 0 Å². The van der Waals surface area contributed by atoms with Crippen molar-refractivity contribution in [3.05, 3.63) is 71.3 Å². The Morgan fingerprint density at radius 2 is 1.54 bits per heavy atom. The zero-order valence-electron chi connectivity index (χ0n) is 13.3. The number of nitrogens with zero attached hydrogens (tertiary/aromatic N) is 2. The van der Waals surface area contributed by atoms with Crippen molar-refractivity contribution in [3.63, 3.8) is 0 Å². The Labute approximate surface area is 141 Å². The molecule has 1 fully saturated rings. The highest BCUT2D eigenvalue weighted by Crippen LogP contribution is 2.23. The van der Waals surface area contributed by atoms with Gasteiger partial charge in [-0.2, -0.15) is 5.26 Å². The molecule has 2 aromatic carbocycles. The van der Waals surface area contributed by atoms with Crippen molar-refractivity contribution in [3.8, 4) is 6.07 Å². The highest BCUT2D eigenvalue weighted by atomic mass is 16.2. The molecule has 0 aromatic heterocycles. The third-order valence-corrected chi connectivity index (χ3v) is 4.47. The molecular formula is C20H18N2O2. The number of amides is 1. The summed E-state index contributed by atoms with van der Waals surface area (Å²) >= 11 is 0. The maximum Gasteiger partial charge on any atom is 0.253 e. The van der Waals surface area contributed by atoms with Gasteiger partial charge in [-0.3, -0.25) is 9.59 Å². The lowest BCUT2D eigenvalue weighted by molar-refractivity contribution is 0.0650. The van der Waals surface area contributed by atoms with Crippen molar-refractivity contribution in [2.24, 2.45) is 5.92 Å². The van der Waals surface area contributed by atoms with Crippen LogP contribution in [0.1, 0.15) is 39.1 Å². The highest BCUT2D eigenvalue weighted by molar-refractivity contribution is 5.98. The van der Waals surface area contributed by atoms with Crippen LogP contribution in [0.25, 0.3) is 0 Å². The van der Waals surface area contributed by atoms with Crippen LogP contribution < -0.4 is 0 Å². The van der Waals surface area contributed by atoms with Crippen LogP contribution in [0.3, 0.4) is 0 Å². The van der Waals surface area contributed by atoms with E-state index in [0.29, 0.717) is 37.1 Å². The summed E-state index contributed by atoms with van der Waals surface area (Å²) in [5, 5.41) is 8.81. The molecule has 120 valence electrons. The maximum atomic E-state index is 12.5. The van der Waals surface area contributed by atoms with Crippen molar-refractivity contribution >= 4 is 11.7 Å². The molecule has 0 N–H and O–H groups in total. The molecule has 24 heavy (non-hydrogen) atoms. The van der Waals surface area contributed by atoms with Gasteiger partial charge in [0.1, 0.15) is 0 Å². The fourth-order valence-electron chi connectivity index (χ4n) is 3.05. The van der Waals surface area contributed by atoms with Crippen molar-refractivity contribution in [2.75, 3.05) is 13.1 Å². The molecule has 2 aromatic rings. The monoisotopic (exact) mass is 318 g/mol. The summed E-state index contributed by atoms with van der Waals surface area (Å²) in [5.41, 5.74) is 1.87. The normalized spacial score (nSPS) is 14.9. The van der Waals surface area contributed by atoms with Crippen LogP contribution in [0.4, 0.5) is 0 Å². The van der Waals surface area contributed by atoms with Crippen molar-refractivity contribution in [1.82, 2.24) is 4.90 Å². The summed E-state index contributed by atoms with van der Waals surface area (Å²) in [6, 6.07) is 18.0. The minimum absolute atomic E-state index is 0.0163. The minimum atomic E-state index is -0.0369. The third kappa shape index (κ3) is 3.36. The number of rotatable bonds is 3. The number of likely N-dealkylation sites (tertiary alicyclic amines) is 1. The molecule has 0 aliphatic carbocycles. The average Bonchev–Trinajstić information content (AvgIpc) is 2.68. The summed E-state index contributed by atoms with van der Waals surface area (Å²) < 4.78 is 0. The quantitative estimate of drug-likeness (QED) is 0.816. The predicted molar refractivity (Wildman–Crippen MR) is 90.6 cm³/mol. The lowest BCUT2D eigenvalue weighted by Gasteiger charge is -2.31. The van der Waals surface area contributed by atoms with Crippen LogP contribution in [-0.2, 0) is 0 Å². The molecule has 3 rings (SSSR count). The molecule has 1 saturated heterocycles. The SMILES string of the molecule is N#Cc1ccc(C(=O)N2CCC(C(=O)c3ccccc3)CC2)cc1. The number of carbonyl (C=O) groups is 2. The zero-order valence-corrected chi connectivity index (χ0v) is 13.3. The van der Waals surface area contributed by atoms with Gasteiger partial charge in [0, 0.05) is 30.1 Å². The Balaban J connectivity index is 1.61. The Bertz CT molecular complexity index is 768. The van der Waals surface area contributed by atoms with Gasteiger partial charge < -0.3 is 4.90 Å². The van der Waals surface area contributed by atoms with Crippen LogP contribution in [0.5, 0.6) is 0 Å². The first-order chi connectivity index (χ1) is 11.7. The number of carbonyl (C=O) groups excluding carboxylic acids is 2. The maximum absolute atomic E-state index is 12.5. The zero-order chi connectivity index (χ0) is 16.9. The smallest absolute Gasteiger partial charge is 0.253 e. The molecule has 1 aliphatic heterocycles. The second-order valence-electron chi connectivity index (χ2n) is 5.99. The molecule has 0 unspecified atom stereocenters. The third-order valence-electron chi connectivity index (χ3n) is 4.47. The molecule has 4 heteroatoms. The molecule has 1 aliphatic rings. The fourth-order valence-corrected chi connectivity index (χ4v) is 3.05. The number of ketones is 1. The van der Waals surface area contributed by atoms with Gasteiger partial charge in [0.2, 0.25) is 0 Å². The van der Waals surface area contributed by atoms with E-state index in [1.165, 1.54) is 0 Å². The van der Waals surface area contributed by atoms with Gasteiger partial charge in [0.15, 0.2) is 5.78 Å². The average molecular weight is 318 g/mol. The molecule has 0 spiro atoms. The first-order valence-electron chi connectivity index (χ1n) is 8.08. The van der Waals surface area contributed by atoms with Gasteiger partial charge in [0.05, 0.1) is 11.6 Å². The lowest BCUT2D eigenvalue weighted by atomic mass is 9.88. The van der Waals surface area contributed by atoms with Crippen molar-refractivity contribution in [2.45, 2.75) is 12.8 Å². The Kier molecular flexibility index (Phi) is 4.72. The molecule has 0 bridgehead atoms. The number of Topliss-reactive ketones (excluding diaryl/α,β-unsaturated/α-hetero) is 1. The molecule has 1 amide bonds. The van der Waals surface area contributed by atoms with Crippen LogP contribution in [0.15, 0.2) is 54.6 Å². The second-order valence-corrected chi connectivity index (χ2v) is 5.99. The molecular weight excluding hydrogens is 300 g/mol. The Morgan fingerprint density at radius 1 is 0.917 bits per heavy atom. The summed E-state index contributed by atoms with van der Waals surface area (Å²) in [6.45, 7) is 1.17. The Morgan fingerprint density at radius 3 is 2.12 bits per heavy atom. The first-order valence-corrected chi connectivity index (χ1v) is 8.08. The standard InChI is InChI=1S/C20H18N2O2/c21-14-15-6-8-18(9-7-15)20(24)22-12-10-17(11-13-22)19(23)16-4-2-1-3-5-16/h1-9,17H,10-13H2. The van der Waals surface area contributed by atoms with E-state index in [4.69, 9.17) is 5.26 Å². The van der Waals surface area contributed by atoms with Crippen LogP contribution >= 0.6 is 0 Å². The Hall–Kier alpha value is -2.93. The van der Waals surface area contributed by atoms with Gasteiger partial charge in [0.25, 0.3) is 5.91 Å². The van der Waals surface area contributed by atoms with E-state index < -0.39 is 0 Å². The second kappa shape index (κ2) is 7.10. The molecule has 0 radical (unpaired) electrons. The van der Waals surface area contributed by atoms with Crippen LogP contribution in [-0.4, -0.2) is 29.7 Å². The molecule has 1 heterocycles. The van der Waals surface area contributed by atoms with E-state index in [9.17, 15) is 9.59 Å². The lowest BCUT2D eigenvalue weighted by Crippen LogP contribution is -2.40. The van der Waals surface area contributed by atoms with E-state index in [-0.39, 0.29) is 17.6 Å². The van der Waals surface area contributed by atoms with Gasteiger partial charge in [-0.05, 0) is 37.1 Å².